The molecule has 0 heterocycles. The lowest BCUT2D eigenvalue weighted by molar-refractivity contribution is -0.112. The van der Waals surface area contributed by atoms with E-state index in [9.17, 15) is 14.4 Å². The predicted molar refractivity (Wildman–Crippen MR) is 120 cm³/mol. The molecule has 7 heteroatoms. The first-order valence-electron chi connectivity index (χ1n) is 9.23. The molecule has 3 rings (SSSR count). The molecule has 0 aromatic heterocycles. The third-order valence-electron chi connectivity index (χ3n) is 4.29. The van der Waals surface area contributed by atoms with Crippen molar-refractivity contribution in [2.45, 2.75) is 6.61 Å². The topological polar surface area (TPSA) is 71.3 Å². The third kappa shape index (κ3) is 5.93. The molecule has 1 amide bonds. The zero-order chi connectivity index (χ0) is 22.2. The van der Waals surface area contributed by atoms with Gasteiger partial charge < -0.3 is 14.8 Å². The first-order valence-corrected chi connectivity index (χ1v) is 10.0. The van der Waals surface area contributed by atoms with Crippen molar-refractivity contribution >= 4 is 33.6 Å². The van der Waals surface area contributed by atoms with Crippen molar-refractivity contribution < 1.29 is 18.7 Å². The maximum Gasteiger partial charge on any atom is 0.266 e. The number of amides is 1. The molecule has 0 spiro atoms. The molecule has 3 aromatic carbocycles. The van der Waals surface area contributed by atoms with Crippen molar-refractivity contribution in [1.82, 2.24) is 0 Å². The van der Waals surface area contributed by atoms with E-state index in [2.05, 4.69) is 21.2 Å². The van der Waals surface area contributed by atoms with Crippen LogP contribution < -0.4 is 14.8 Å². The van der Waals surface area contributed by atoms with Gasteiger partial charge in [0.1, 0.15) is 24.1 Å². The number of ether oxygens (including phenoxy) is 2. The van der Waals surface area contributed by atoms with Crippen LogP contribution in [0.15, 0.2) is 76.8 Å². The number of rotatable bonds is 7. The number of carbonyl (C=O) groups excluding carboxylic acids is 1. The maximum atomic E-state index is 13.1. The molecule has 0 aliphatic heterocycles. The summed E-state index contributed by atoms with van der Waals surface area (Å²) in [5.41, 5.74) is 1.71. The average Bonchev–Trinajstić information content (AvgIpc) is 2.78. The van der Waals surface area contributed by atoms with Gasteiger partial charge in [-0.3, -0.25) is 4.79 Å². The van der Waals surface area contributed by atoms with Crippen molar-refractivity contribution in [3.8, 4) is 17.6 Å². The fourth-order valence-electron chi connectivity index (χ4n) is 2.73. The van der Waals surface area contributed by atoms with Gasteiger partial charge in [-0.15, -0.1) is 0 Å². The summed E-state index contributed by atoms with van der Waals surface area (Å²) in [4.78, 5) is 12.5. The Bertz CT molecular complexity index is 1140. The van der Waals surface area contributed by atoms with Crippen LogP contribution in [0.4, 0.5) is 10.1 Å². The average molecular weight is 481 g/mol. The minimum absolute atomic E-state index is 0.133. The monoisotopic (exact) mass is 480 g/mol. The van der Waals surface area contributed by atoms with Crippen molar-refractivity contribution in [2.24, 2.45) is 0 Å². The van der Waals surface area contributed by atoms with Gasteiger partial charge in [0.2, 0.25) is 0 Å². The number of para-hydroxylation sites is 1. The van der Waals surface area contributed by atoms with E-state index in [1.54, 1.807) is 18.2 Å². The number of hydrogen-bond acceptors (Lipinski definition) is 4. The van der Waals surface area contributed by atoms with E-state index in [1.165, 1.54) is 37.5 Å². The van der Waals surface area contributed by atoms with E-state index >= 15 is 0 Å². The minimum Gasteiger partial charge on any atom is -0.493 e. The highest BCUT2D eigenvalue weighted by Crippen LogP contribution is 2.33. The Balaban J connectivity index is 1.86. The Morgan fingerprint density at radius 3 is 2.48 bits per heavy atom. The summed E-state index contributed by atoms with van der Waals surface area (Å²) in [6.45, 7) is 0.276. The predicted octanol–water partition coefficient (Wildman–Crippen LogP) is 5.72. The van der Waals surface area contributed by atoms with Gasteiger partial charge in [0.15, 0.2) is 11.5 Å². The number of nitriles is 1. The molecule has 3 aromatic rings. The second kappa shape index (κ2) is 10.4. The number of carbonyl (C=O) groups is 1. The molecule has 0 unspecified atom stereocenters. The maximum absolute atomic E-state index is 13.1. The summed E-state index contributed by atoms with van der Waals surface area (Å²) < 4.78 is 25.4. The zero-order valence-corrected chi connectivity index (χ0v) is 18.1. The lowest BCUT2D eigenvalue weighted by Gasteiger charge is -2.14. The molecule has 0 radical (unpaired) electrons. The van der Waals surface area contributed by atoms with Crippen LogP contribution in [0, 0.1) is 17.1 Å². The second-order valence-corrected chi connectivity index (χ2v) is 7.34. The van der Waals surface area contributed by atoms with Crippen LogP contribution in [-0.4, -0.2) is 13.0 Å². The van der Waals surface area contributed by atoms with Crippen molar-refractivity contribution in [2.75, 3.05) is 12.4 Å². The van der Waals surface area contributed by atoms with Gasteiger partial charge in [-0.1, -0.05) is 40.2 Å². The SMILES string of the molecule is COc1cccc(/C=C(\C#N)C(=O)Nc2ccc(F)cc2)c1OCc1ccc(Br)cc1. The molecule has 156 valence electrons. The van der Waals surface area contributed by atoms with E-state index < -0.39 is 11.7 Å². The van der Waals surface area contributed by atoms with Gasteiger partial charge in [-0.25, -0.2) is 4.39 Å². The molecular weight excluding hydrogens is 463 g/mol. The number of halogens is 2. The van der Waals surface area contributed by atoms with Gasteiger partial charge in [0.05, 0.1) is 7.11 Å². The van der Waals surface area contributed by atoms with Gasteiger partial charge in [-0.05, 0) is 54.1 Å². The lowest BCUT2D eigenvalue weighted by atomic mass is 10.1. The fraction of sp³-hybridized carbons (Fsp3) is 0.0833. The van der Waals surface area contributed by atoms with E-state index in [0.717, 1.165) is 10.0 Å². The normalized spacial score (nSPS) is 10.8. The van der Waals surface area contributed by atoms with Crippen LogP contribution >= 0.6 is 15.9 Å². The molecule has 0 saturated carbocycles. The third-order valence-corrected chi connectivity index (χ3v) is 4.82. The van der Waals surface area contributed by atoms with Gasteiger partial charge in [0, 0.05) is 15.7 Å². The van der Waals surface area contributed by atoms with Crippen molar-refractivity contribution in [3.05, 3.63) is 93.7 Å². The van der Waals surface area contributed by atoms with Crippen LogP contribution in [0.25, 0.3) is 6.08 Å². The van der Waals surface area contributed by atoms with Crippen LogP contribution in [0.3, 0.4) is 0 Å². The number of methoxy groups -OCH3 is 1. The lowest BCUT2D eigenvalue weighted by Crippen LogP contribution is -2.13. The Hall–Kier alpha value is -3.63. The van der Waals surface area contributed by atoms with Crippen molar-refractivity contribution in [3.63, 3.8) is 0 Å². The highest BCUT2D eigenvalue weighted by Gasteiger charge is 2.14. The Morgan fingerprint density at radius 1 is 1.13 bits per heavy atom. The molecule has 0 saturated heterocycles. The first kappa shape index (κ1) is 22.1. The molecule has 0 aliphatic carbocycles. The van der Waals surface area contributed by atoms with Crippen LogP contribution in [-0.2, 0) is 11.4 Å². The highest BCUT2D eigenvalue weighted by atomic mass is 79.9. The summed E-state index contributed by atoms with van der Waals surface area (Å²) in [7, 11) is 1.52. The van der Waals surface area contributed by atoms with Gasteiger partial charge >= 0.3 is 0 Å². The van der Waals surface area contributed by atoms with Crippen LogP contribution in [0.2, 0.25) is 0 Å². The largest absolute Gasteiger partial charge is 0.493 e. The van der Waals surface area contributed by atoms with Crippen molar-refractivity contribution in [1.29, 1.82) is 5.26 Å². The number of anilines is 1. The molecule has 1 N–H and O–H groups in total. The summed E-state index contributed by atoms with van der Waals surface area (Å²) in [6.07, 6.45) is 1.43. The first-order chi connectivity index (χ1) is 15.0. The summed E-state index contributed by atoms with van der Waals surface area (Å²) in [5, 5.41) is 12.1. The van der Waals surface area contributed by atoms with Crippen LogP contribution in [0.1, 0.15) is 11.1 Å². The zero-order valence-electron chi connectivity index (χ0n) is 16.6. The summed E-state index contributed by atoms with van der Waals surface area (Å²) in [6, 6.07) is 20.1. The van der Waals surface area contributed by atoms with E-state index in [-0.39, 0.29) is 12.2 Å². The number of nitrogens with zero attached hydrogens (tertiary/aromatic N) is 1. The quantitative estimate of drug-likeness (QED) is 0.346. The van der Waals surface area contributed by atoms with E-state index in [1.807, 2.05) is 30.3 Å². The Labute approximate surface area is 187 Å². The molecule has 5 nitrogen and oxygen atoms in total. The molecule has 0 bridgehead atoms. The molecular formula is C24H18BrFN2O3. The van der Waals surface area contributed by atoms with Gasteiger partial charge in [0.25, 0.3) is 5.91 Å². The summed E-state index contributed by atoms with van der Waals surface area (Å²) in [5.74, 6) is -0.147. The Morgan fingerprint density at radius 2 is 1.84 bits per heavy atom. The smallest absolute Gasteiger partial charge is 0.266 e. The minimum atomic E-state index is -0.615. The fourth-order valence-corrected chi connectivity index (χ4v) is 3.00. The molecule has 0 atom stereocenters. The van der Waals surface area contributed by atoms with E-state index in [4.69, 9.17) is 9.47 Å². The van der Waals surface area contributed by atoms with Gasteiger partial charge in [-0.2, -0.15) is 5.26 Å². The molecule has 31 heavy (non-hydrogen) atoms. The highest BCUT2D eigenvalue weighted by molar-refractivity contribution is 9.10. The second-order valence-electron chi connectivity index (χ2n) is 6.42. The Kier molecular flexibility index (Phi) is 7.41. The molecule has 0 aliphatic rings. The molecule has 0 fully saturated rings. The number of benzene rings is 3. The van der Waals surface area contributed by atoms with E-state index in [0.29, 0.717) is 22.7 Å². The van der Waals surface area contributed by atoms with Crippen LogP contribution in [0.5, 0.6) is 11.5 Å². The summed E-state index contributed by atoms with van der Waals surface area (Å²) >= 11 is 3.40. The standard InChI is InChI=1S/C24H18BrFN2O3/c1-30-22-4-2-3-17(23(22)31-15-16-5-7-19(25)8-6-16)13-18(14-27)24(29)28-21-11-9-20(26)10-12-21/h2-13H,15H2,1H3,(H,28,29)/b18-13+. The number of nitrogens with one attached hydrogen (secondary N) is 1. The number of hydrogen-bond donors (Lipinski definition) is 1.